The van der Waals surface area contributed by atoms with Crippen LogP contribution in [0.15, 0.2) is 42.6 Å². The van der Waals surface area contributed by atoms with Gasteiger partial charge in [0, 0.05) is 16.6 Å². The molecule has 0 unspecified atom stereocenters. The van der Waals surface area contributed by atoms with E-state index in [1.807, 2.05) is 6.92 Å². The van der Waals surface area contributed by atoms with E-state index < -0.39 is 0 Å². The molecule has 116 valence electrons. The molecule has 0 saturated carbocycles. The molecule has 1 aromatic carbocycles. The number of rotatable bonds is 3. The number of carbonyl (C=O) groups excluding carboxylic acids is 1. The number of anilines is 2. The largest absolute Gasteiger partial charge is 0.396 e. The fraction of sp³-hybridized carbons (Fsp3) is 0.0625. The molecule has 0 saturated heterocycles. The number of benzene rings is 1. The lowest BCUT2D eigenvalue weighted by Gasteiger charge is -2.08. The van der Waals surface area contributed by atoms with E-state index in [2.05, 4.69) is 15.3 Å². The summed E-state index contributed by atoms with van der Waals surface area (Å²) in [6.45, 7) is 1.87. The Morgan fingerprint density at radius 2 is 1.96 bits per heavy atom. The number of amides is 1. The first-order chi connectivity index (χ1) is 11.0. The normalized spacial score (nSPS) is 10.5. The van der Waals surface area contributed by atoms with Gasteiger partial charge in [0.1, 0.15) is 5.82 Å². The Morgan fingerprint density at radius 1 is 1.22 bits per heavy atom. The third-order valence-electron chi connectivity index (χ3n) is 3.11. The molecular weight excluding hydrogens is 315 g/mol. The highest BCUT2D eigenvalue weighted by molar-refractivity contribution is 7.13. The van der Waals surface area contributed by atoms with Crippen molar-refractivity contribution >= 4 is 28.7 Å². The summed E-state index contributed by atoms with van der Waals surface area (Å²) in [6, 6.07) is 9.29. The Kier molecular flexibility index (Phi) is 4.03. The maximum atomic E-state index is 13.0. The number of nitrogens with two attached hydrogens (primary N) is 1. The van der Waals surface area contributed by atoms with Gasteiger partial charge < -0.3 is 11.1 Å². The maximum Gasteiger partial charge on any atom is 0.285 e. The van der Waals surface area contributed by atoms with Gasteiger partial charge in [0.15, 0.2) is 10.8 Å². The molecule has 0 aliphatic rings. The smallest absolute Gasteiger partial charge is 0.285 e. The maximum absolute atomic E-state index is 13.0. The molecule has 5 nitrogen and oxygen atoms in total. The van der Waals surface area contributed by atoms with Crippen molar-refractivity contribution in [1.29, 1.82) is 0 Å². The number of hydrogen-bond donors (Lipinski definition) is 2. The Balaban J connectivity index is 1.88. The first-order valence-corrected chi connectivity index (χ1v) is 7.61. The van der Waals surface area contributed by atoms with E-state index in [0.717, 1.165) is 10.4 Å². The number of carbonyl (C=O) groups is 1. The van der Waals surface area contributed by atoms with Gasteiger partial charge in [-0.25, -0.2) is 14.4 Å². The number of hydrogen-bond acceptors (Lipinski definition) is 5. The van der Waals surface area contributed by atoms with E-state index in [0.29, 0.717) is 16.4 Å². The first kappa shape index (κ1) is 15.1. The molecule has 0 radical (unpaired) electrons. The van der Waals surface area contributed by atoms with E-state index in [4.69, 9.17) is 5.73 Å². The van der Waals surface area contributed by atoms with E-state index in [1.165, 1.54) is 23.5 Å². The second-order valence-corrected chi connectivity index (χ2v) is 6.11. The minimum atomic E-state index is -0.362. The summed E-state index contributed by atoms with van der Waals surface area (Å²) >= 11 is 1.29. The van der Waals surface area contributed by atoms with Crippen LogP contribution in [-0.4, -0.2) is 15.9 Å². The molecule has 0 fully saturated rings. The molecule has 0 spiro atoms. The van der Waals surface area contributed by atoms with Crippen molar-refractivity contribution in [2.45, 2.75) is 6.92 Å². The average molecular weight is 328 g/mol. The lowest BCUT2D eigenvalue weighted by atomic mass is 10.1. The molecule has 2 heterocycles. The minimum Gasteiger partial charge on any atom is -0.396 e. The molecule has 2 aromatic heterocycles. The summed E-state index contributed by atoms with van der Waals surface area (Å²) < 4.78 is 13.0. The van der Waals surface area contributed by atoms with Gasteiger partial charge in [0.2, 0.25) is 0 Å². The third kappa shape index (κ3) is 3.35. The molecule has 0 bridgehead atoms. The van der Waals surface area contributed by atoms with Gasteiger partial charge in [0.25, 0.3) is 5.91 Å². The molecule has 23 heavy (non-hydrogen) atoms. The fourth-order valence-corrected chi connectivity index (χ4v) is 2.63. The highest BCUT2D eigenvalue weighted by Gasteiger charge is 2.13. The number of nitrogen functional groups attached to an aromatic ring is 1. The van der Waals surface area contributed by atoms with Gasteiger partial charge in [-0.1, -0.05) is 0 Å². The van der Waals surface area contributed by atoms with Crippen molar-refractivity contribution in [2.75, 3.05) is 11.1 Å². The summed E-state index contributed by atoms with van der Waals surface area (Å²) in [4.78, 5) is 21.5. The summed E-state index contributed by atoms with van der Waals surface area (Å²) in [7, 11) is 0. The molecule has 0 aliphatic heterocycles. The zero-order chi connectivity index (χ0) is 16.4. The van der Waals surface area contributed by atoms with Crippen molar-refractivity contribution in [3.8, 4) is 11.3 Å². The average Bonchev–Trinajstić information content (AvgIpc) is 2.97. The summed E-state index contributed by atoms with van der Waals surface area (Å²) in [6.07, 6.45) is 1.63. The van der Waals surface area contributed by atoms with Gasteiger partial charge in [-0.15, -0.1) is 11.3 Å². The van der Waals surface area contributed by atoms with Crippen molar-refractivity contribution in [1.82, 2.24) is 9.97 Å². The fourth-order valence-electron chi connectivity index (χ4n) is 1.97. The lowest BCUT2D eigenvalue weighted by Crippen LogP contribution is -2.14. The topological polar surface area (TPSA) is 80.9 Å². The Hall–Kier alpha value is -2.80. The molecular formula is C16H13FN4OS. The quantitative estimate of drug-likeness (QED) is 0.771. The SMILES string of the molecule is Cc1cnc(C(=O)Nc2nc(-c3ccc(F)cc3)ccc2N)s1. The van der Waals surface area contributed by atoms with Crippen LogP contribution in [0.4, 0.5) is 15.9 Å². The molecule has 7 heteroatoms. The number of nitrogens with one attached hydrogen (secondary N) is 1. The Morgan fingerprint density at radius 3 is 2.61 bits per heavy atom. The van der Waals surface area contributed by atoms with Crippen LogP contribution in [0.1, 0.15) is 14.7 Å². The molecule has 3 rings (SSSR count). The molecule has 0 atom stereocenters. The summed E-state index contributed by atoms with van der Waals surface area (Å²) in [5.74, 6) is -0.430. The number of aryl methyl sites for hydroxylation is 1. The molecule has 3 aromatic rings. The van der Waals surface area contributed by atoms with Crippen LogP contribution in [0, 0.1) is 12.7 Å². The van der Waals surface area contributed by atoms with Crippen LogP contribution in [0.2, 0.25) is 0 Å². The second-order valence-electron chi connectivity index (χ2n) is 4.87. The number of pyridine rings is 1. The van der Waals surface area contributed by atoms with Crippen LogP contribution in [0.3, 0.4) is 0 Å². The third-order valence-corrected chi connectivity index (χ3v) is 4.03. The van der Waals surface area contributed by atoms with Crippen LogP contribution >= 0.6 is 11.3 Å². The zero-order valence-electron chi connectivity index (χ0n) is 12.2. The number of halogens is 1. The molecule has 1 amide bonds. The van der Waals surface area contributed by atoms with Gasteiger partial charge in [-0.05, 0) is 43.3 Å². The number of nitrogens with zero attached hydrogens (tertiary/aromatic N) is 2. The van der Waals surface area contributed by atoms with Crippen LogP contribution < -0.4 is 11.1 Å². The van der Waals surface area contributed by atoms with Crippen LogP contribution in [0.25, 0.3) is 11.3 Å². The van der Waals surface area contributed by atoms with Gasteiger partial charge in [-0.2, -0.15) is 0 Å². The predicted molar refractivity (Wildman–Crippen MR) is 88.8 cm³/mol. The monoisotopic (exact) mass is 328 g/mol. The van der Waals surface area contributed by atoms with Gasteiger partial charge in [-0.3, -0.25) is 4.79 Å². The summed E-state index contributed by atoms with van der Waals surface area (Å²) in [5, 5.41) is 3.00. The first-order valence-electron chi connectivity index (χ1n) is 6.79. The van der Waals surface area contributed by atoms with Crippen molar-refractivity contribution in [3.63, 3.8) is 0 Å². The highest BCUT2D eigenvalue weighted by atomic mass is 32.1. The van der Waals surface area contributed by atoms with Crippen molar-refractivity contribution in [2.24, 2.45) is 0 Å². The Labute approximate surface area is 136 Å². The summed E-state index contributed by atoms with van der Waals surface area (Å²) in [5.41, 5.74) is 7.53. The van der Waals surface area contributed by atoms with E-state index in [9.17, 15) is 9.18 Å². The lowest BCUT2D eigenvalue weighted by molar-refractivity contribution is 0.102. The standard InChI is InChI=1S/C16H13FN4OS/c1-9-8-19-16(23-9)15(22)21-14-12(18)6-7-13(20-14)10-2-4-11(17)5-3-10/h2-8H,18H2,1H3,(H,20,21,22). The van der Waals surface area contributed by atoms with E-state index in [-0.39, 0.29) is 17.5 Å². The zero-order valence-corrected chi connectivity index (χ0v) is 13.0. The van der Waals surface area contributed by atoms with Gasteiger partial charge in [0.05, 0.1) is 11.4 Å². The molecule has 0 aliphatic carbocycles. The minimum absolute atomic E-state index is 0.254. The Bertz CT molecular complexity index is 861. The van der Waals surface area contributed by atoms with E-state index >= 15 is 0 Å². The number of aromatic nitrogens is 2. The van der Waals surface area contributed by atoms with Crippen LogP contribution in [-0.2, 0) is 0 Å². The van der Waals surface area contributed by atoms with Crippen molar-refractivity contribution in [3.05, 3.63) is 58.3 Å². The molecule has 3 N–H and O–H groups in total. The van der Waals surface area contributed by atoms with Crippen molar-refractivity contribution < 1.29 is 9.18 Å². The van der Waals surface area contributed by atoms with E-state index in [1.54, 1.807) is 30.5 Å². The van der Waals surface area contributed by atoms with Gasteiger partial charge >= 0.3 is 0 Å². The second kappa shape index (κ2) is 6.13. The van der Waals surface area contributed by atoms with Crippen LogP contribution in [0.5, 0.6) is 0 Å². The predicted octanol–water partition coefficient (Wildman–Crippen LogP) is 3.49. The number of thiazole rings is 1. The highest BCUT2D eigenvalue weighted by Crippen LogP contribution is 2.24.